The molecule has 1 aliphatic rings. The molecule has 0 unspecified atom stereocenters. The smallest absolute Gasteiger partial charge is 0.417 e. The van der Waals surface area contributed by atoms with Crippen LogP contribution in [0.1, 0.15) is 28.8 Å². The van der Waals surface area contributed by atoms with Gasteiger partial charge in [0.2, 0.25) is 0 Å². The number of alkyl halides is 3. The number of aromatic carboxylic acids is 1. The second kappa shape index (κ2) is 4.51. The highest BCUT2D eigenvalue weighted by atomic mass is 19.4. The minimum atomic E-state index is -4.66. The van der Waals surface area contributed by atoms with Crippen LogP contribution in [0.25, 0.3) is 0 Å². The molecule has 1 aromatic rings. The summed E-state index contributed by atoms with van der Waals surface area (Å²) in [6.45, 7) is 0.629. The minimum absolute atomic E-state index is 0.305. The van der Waals surface area contributed by atoms with Gasteiger partial charge in [-0.3, -0.25) is 0 Å². The number of carboxylic acid groups (broad SMARTS) is 1. The van der Waals surface area contributed by atoms with Crippen molar-refractivity contribution < 1.29 is 23.1 Å². The van der Waals surface area contributed by atoms with Crippen molar-refractivity contribution in [1.29, 1.82) is 0 Å². The molecule has 1 fully saturated rings. The zero-order valence-electron chi connectivity index (χ0n) is 9.42. The van der Waals surface area contributed by atoms with Crippen molar-refractivity contribution in [1.82, 2.24) is 0 Å². The summed E-state index contributed by atoms with van der Waals surface area (Å²) in [6.07, 6.45) is -2.48. The lowest BCUT2D eigenvalue weighted by Crippen LogP contribution is -2.14. The maximum absolute atomic E-state index is 12.7. The van der Waals surface area contributed by atoms with E-state index < -0.39 is 23.3 Å². The van der Waals surface area contributed by atoms with E-state index in [9.17, 15) is 18.0 Å². The second-order valence-corrected chi connectivity index (χ2v) is 4.39. The Morgan fingerprint density at radius 1 is 1.39 bits per heavy atom. The fraction of sp³-hybridized carbons (Fsp3) is 0.417. The van der Waals surface area contributed by atoms with E-state index in [1.54, 1.807) is 0 Å². The predicted octanol–water partition coefficient (Wildman–Crippen LogP) is 3.23. The van der Waals surface area contributed by atoms with E-state index in [4.69, 9.17) is 5.11 Å². The number of hydrogen-bond acceptors (Lipinski definition) is 2. The average molecular weight is 259 g/mol. The molecule has 0 atom stereocenters. The number of halogens is 3. The van der Waals surface area contributed by atoms with Crippen LogP contribution in [-0.4, -0.2) is 17.6 Å². The van der Waals surface area contributed by atoms with Gasteiger partial charge in [-0.15, -0.1) is 0 Å². The van der Waals surface area contributed by atoms with Gasteiger partial charge in [0.25, 0.3) is 0 Å². The van der Waals surface area contributed by atoms with E-state index >= 15 is 0 Å². The quantitative estimate of drug-likeness (QED) is 0.872. The lowest BCUT2D eigenvalue weighted by atomic mass is 10.1. The molecular formula is C12H12F3NO2. The van der Waals surface area contributed by atoms with Crippen LogP contribution in [0.15, 0.2) is 18.2 Å². The van der Waals surface area contributed by atoms with E-state index in [0.29, 0.717) is 18.2 Å². The topological polar surface area (TPSA) is 49.3 Å². The van der Waals surface area contributed by atoms with Gasteiger partial charge in [0.1, 0.15) is 0 Å². The Hall–Kier alpha value is -1.72. The summed E-state index contributed by atoms with van der Waals surface area (Å²) in [4.78, 5) is 10.7. The first-order valence-electron chi connectivity index (χ1n) is 5.56. The number of carbonyl (C=O) groups is 1. The lowest BCUT2D eigenvalue weighted by molar-refractivity contribution is -0.138. The highest BCUT2D eigenvalue weighted by molar-refractivity contribution is 5.90. The zero-order valence-corrected chi connectivity index (χ0v) is 9.42. The molecule has 0 aromatic heterocycles. The second-order valence-electron chi connectivity index (χ2n) is 4.39. The molecule has 1 aliphatic carbocycles. The number of nitrogens with one attached hydrogen (secondary N) is 1. The van der Waals surface area contributed by atoms with Crippen molar-refractivity contribution in [3.05, 3.63) is 29.3 Å². The first kappa shape index (κ1) is 12.7. The fourth-order valence-corrected chi connectivity index (χ4v) is 1.66. The number of hydrogen-bond donors (Lipinski definition) is 2. The van der Waals surface area contributed by atoms with E-state index in [1.165, 1.54) is 6.07 Å². The number of rotatable bonds is 4. The van der Waals surface area contributed by atoms with Gasteiger partial charge in [-0.2, -0.15) is 13.2 Å². The Labute approximate surface area is 102 Å². The third-order valence-corrected chi connectivity index (χ3v) is 2.85. The van der Waals surface area contributed by atoms with Crippen molar-refractivity contribution in [3.8, 4) is 0 Å². The third kappa shape index (κ3) is 2.94. The van der Waals surface area contributed by atoms with Gasteiger partial charge in [-0.25, -0.2) is 4.79 Å². The van der Waals surface area contributed by atoms with Crippen molar-refractivity contribution >= 4 is 11.7 Å². The summed E-state index contributed by atoms with van der Waals surface area (Å²) < 4.78 is 38.1. The Balaban J connectivity index is 2.25. The maximum atomic E-state index is 12.7. The predicted molar refractivity (Wildman–Crippen MR) is 59.6 cm³/mol. The molecule has 1 saturated carbocycles. The molecule has 1 aromatic carbocycles. The van der Waals surface area contributed by atoms with Crippen LogP contribution in [0.3, 0.4) is 0 Å². The van der Waals surface area contributed by atoms with Gasteiger partial charge < -0.3 is 10.4 Å². The van der Waals surface area contributed by atoms with Crippen LogP contribution in [0.2, 0.25) is 0 Å². The summed E-state index contributed by atoms with van der Waals surface area (Å²) >= 11 is 0. The van der Waals surface area contributed by atoms with Crippen molar-refractivity contribution in [2.75, 3.05) is 11.9 Å². The van der Waals surface area contributed by atoms with Gasteiger partial charge in [-0.05, 0) is 37.0 Å². The molecule has 0 amide bonds. The Morgan fingerprint density at radius 3 is 2.56 bits per heavy atom. The molecule has 6 heteroatoms. The molecule has 98 valence electrons. The van der Waals surface area contributed by atoms with Crippen LogP contribution < -0.4 is 5.32 Å². The van der Waals surface area contributed by atoms with Crippen LogP contribution in [0.5, 0.6) is 0 Å². The minimum Gasteiger partial charge on any atom is -0.478 e. The number of carboxylic acids is 1. The van der Waals surface area contributed by atoms with E-state index in [-0.39, 0.29) is 0 Å². The summed E-state index contributed by atoms with van der Waals surface area (Å²) in [5.41, 5.74) is -1.53. The average Bonchev–Trinajstić information content (AvgIpc) is 3.08. The molecule has 0 spiro atoms. The Morgan fingerprint density at radius 2 is 2.06 bits per heavy atom. The maximum Gasteiger partial charge on any atom is 0.417 e. The highest BCUT2D eigenvalue weighted by Gasteiger charge is 2.35. The first-order chi connectivity index (χ1) is 8.38. The molecular weight excluding hydrogens is 247 g/mol. The van der Waals surface area contributed by atoms with Crippen LogP contribution in [0, 0.1) is 5.92 Å². The van der Waals surface area contributed by atoms with E-state index in [1.807, 2.05) is 0 Å². The SMILES string of the molecule is O=C(O)c1ccc(NCC2CC2)cc1C(F)(F)F. The normalized spacial score (nSPS) is 15.5. The van der Waals surface area contributed by atoms with Crippen LogP contribution in [0.4, 0.5) is 18.9 Å². The summed E-state index contributed by atoms with van der Waals surface area (Å²) in [5.74, 6) is -1.05. The molecule has 0 aliphatic heterocycles. The van der Waals surface area contributed by atoms with Crippen LogP contribution >= 0.6 is 0 Å². The van der Waals surface area contributed by atoms with Gasteiger partial charge in [-0.1, -0.05) is 0 Å². The van der Waals surface area contributed by atoms with E-state index in [0.717, 1.165) is 25.0 Å². The van der Waals surface area contributed by atoms with E-state index in [2.05, 4.69) is 5.32 Å². The van der Waals surface area contributed by atoms with Crippen molar-refractivity contribution in [2.45, 2.75) is 19.0 Å². The number of anilines is 1. The molecule has 0 heterocycles. The lowest BCUT2D eigenvalue weighted by Gasteiger charge is -2.13. The number of benzene rings is 1. The van der Waals surface area contributed by atoms with Crippen molar-refractivity contribution in [2.24, 2.45) is 5.92 Å². The fourth-order valence-electron chi connectivity index (χ4n) is 1.66. The summed E-state index contributed by atoms with van der Waals surface area (Å²) in [5, 5.41) is 11.6. The standard InChI is InChI=1S/C12H12F3NO2/c13-12(14,15)10-5-8(16-6-7-1-2-7)3-4-9(10)11(17)18/h3-5,7,16H,1-2,6H2,(H,17,18). The highest BCUT2D eigenvalue weighted by Crippen LogP contribution is 2.34. The third-order valence-electron chi connectivity index (χ3n) is 2.85. The zero-order chi connectivity index (χ0) is 13.3. The van der Waals surface area contributed by atoms with Crippen molar-refractivity contribution in [3.63, 3.8) is 0 Å². The molecule has 3 nitrogen and oxygen atoms in total. The van der Waals surface area contributed by atoms with Gasteiger partial charge >= 0.3 is 12.1 Å². The first-order valence-corrected chi connectivity index (χ1v) is 5.56. The Kier molecular flexibility index (Phi) is 3.19. The van der Waals surface area contributed by atoms with Crippen LogP contribution in [-0.2, 0) is 6.18 Å². The molecule has 0 bridgehead atoms. The van der Waals surface area contributed by atoms with Gasteiger partial charge in [0.15, 0.2) is 0 Å². The molecule has 18 heavy (non-hydrogen) atoms. The van der Waals surface area contributed by atoms with Gasteiger partial charge in [0.05, 0.1) is 11.1 Å². The van der Waals surface area contributed by atoms with Gasteiger partial charge in [0, 0.05) is 12.2 Å². The largest absolute Gasteiger partial charge is 0.478 e. The monoisotopic (exact) mass is 259 g/mol. The summed E-state index contributed by atoms with van der Waals surface area (Å²) in [7, 11) is 0. The molecule has 2 N–H and O–H groups in total. The molecule has 0 radical (unpaired) electrons. The summed E-state index contributed by atoms with van der Waals surface area (Å²) in [6, 6.07) is 3.20. The molecule has 0 saturated heterocycles. The molecule has 2 rings (SSSR count). The Bertz CT molecular complexity index is 467.